The van der Waals surface area contributed by atoms with Crippen molar-refractivity contribution in [1.82, 2.24) is 0 Å². The van der Waals surface area contributed by atoms with Gasteiger partial charge >= 0.3 is 0 Å². The standard InChI is InChI=1S/C10H8NO2.Fe/c12-11(13)10-7-3-6-9(10)8-4-1-2-5-8;/h1-2,4,7H,3,5H2;/q-1;. The molecule has 0 amide bonds. The van der Waals surface area contributed by atoms with Gasteiger partial charge in [-0.15, -0.1) is 17.2 Å². The van der Waals surface area contributed by atoms with Crippen LogP contribution in [-0.2, 0) is 17.1 Å². The second kappa shape index (κ2) is 4.40. The molecule has 2 rings (SSSR count). The smallest absolute Gasteiger partial charge is 0.165 e. The number of hydrogen-bond acceptors (Lipinski definition) is 2. The van der Waals surface area contributed by atoms with Crippen molar-refractivity contribution in [3.05, 3.63) is 57.3 Å². The Hall–Kier alpha value is -1.12. The Balaban J connectivity index is 0.000000980. The molecule has 0 atom stereocenters. The van der Waals surface area contributed by atoms with E-state index < -0.39 is 0 Å². The summed E-state index contributed by atoms with van der Waals surface area (Å²) in [5, 5.41) is 10.6. The third-order valence-electron chi connectivity index (χ3n) is 2.12. The predicted molar refractivity (Wildman–Crippen MR) is 48.3 cm³/mol. The first-order chi connectivity index (χ1) is 6.29. The number of rotatable bonds is 2. The molecular weight excluding hydrogens is 222 g/mol. The van der Waals surface area contributed by atoms with Crippen LogP contribution in [0.25, 0.3) is 0 Å². The monoisotopic (exact) mass is 230 g/mol. The molecule has 0 aromatic carbocycles. The van der Waals surface area contributed by atoms with E-state index in [4.69, 9.17) is 0 Å². The number of hydrogen-bond donors (Lipinski definition) is 0. The molecule has 3 nitrogen and oxygen atoms in total. The topological polar surface area (TPSA) is 43.1 Å². The van der Waals surface area contributed by atoms with Gasteiger partial charge in [-0.25, -0.2) is 0 Å². The van der Waals surface area contributed by atoms with Crippen LogP contribution in [0.15, 0.2) is 41.1 Å². The number of nitrogens with zero attached hydrogens (tertiary/aromatic N) is 1. The van der Waals surface area contributed by atoms with E-state index in [9.17, 15) is 10.1 Å². The summed E-state index contributed by atoms with van der Waals surface area (Å²) in [7, 11) is 0. The van der Waals surface area contributed by atoms with Gasteiger partial charge in [0, 0.05) is 22.0 Å². The summed E-state index contributed by atoms with van der Waals surface area (Å²) in [6.45, 7) is 0. The van der Waals surface area contributed by atoms with Gasteiger partial charge < -0.3 is 0 Å². The van der Waals surface area contributed by atoms with Crippen LogP contribution in [0.3, 0.4) is 0 Å². The molecule has 2 aliphatic rings. The zero-order valence-corrected chi connectivity index (χ0v) is 8.45. The molecule has 0 heterocycles. The second-order valence-electron chi connectivity index (χ2n) is 2.93. The molecule has 0 saturated carbocycles. The SMILES string of the molecule is O=[N+]([O-])C1=CC[C-]=C1C1=CC=CC1.[Fe]. The molecular formula is C10H8FeNO2-. The Kier molecular flexibility index (Phi) is 3.44. The van der Waals surface area contributed by atoms with E-state index in [1.54, 1.807) is 6.08 Å². The Morgan fingerprint density at radius 1 is 1.50 bits per heavy atom. The van der Waals surface area contributed by atoms with Crippen molar-refractivity contribution in [2.24, 2.45) is 0 Å². The first-order valence-corrected chi connectivity index (χ1v) is 4.11. The summed E-state index contributed by atoms with van der Waals surface area (Å²) in [5.74, 6) is 0. The normalized spacial score (nSPS) is 18.4. The molecule has 0 fully saturated rings. The fraction of sp³-hybridized carbons (Fsp3) is 0.200. The third-order valence-corrected chi connectivity index (χ3v) is 2.12. The van der Waals surface area contributed by atoms with Crippen LogP contribution in [0.2, 0.25) is 0 Å². The van der Waals surface area contributed by atoms with Crippen LogP contribution in [0.5, 0.6) is 0 Å². The van der Waals surface area contributed by atoms with Gasteiger partial charge in [-0.3, -0.25) is 10.1 Å². The van der Waals surface area contributed by atoms with E-state index in [-0.39, 0.29) is 27.7 Å². The molecule has 74 valence electrons. The van der Waals surface area contributed by atoms with Gasteiger partial charge in [0.1, 0.15) is 0 Å². The predicted octanol–water partition coefficient (Wildman–Crippen LogP) is 2.16. The van der Waals surface area contributed by atoms with Crippen LogP contribution < -0.4 is 0 Å². The van der Waals surface area contributed by atoms with Gasteiger partial charge in [0.05, 0.1) is 0 Å². The van der Waals surface area contributed by atoms with E-state index in [0.717, 1.165) is 12.0 Å². The van der Waals surface area contributed by atoms with Crippen molar-refractivity contribution >= 4 is 0 Å². The minimum Gasteiger partial charge on any atom is -0.270 e. The van der Waals surface area contributed by atoms with Crippen molar-refractivity contribution in [1.29, 1.82) is 0 Å². The fourth-order valence-corrected chi connectivity index (χ4v) is 1.52. The summed E-state index contributed by atoms with van der Waals surface area (Å²) in [6.07, 6.45) is 11.8. The molecule has 0 aromatic heterocycles. The van der Waals surface area contributed by atoms with E-state index >= 15 is 0 Å². The maximum Gasteiger partial charge on any atom is 0.165 e. The van der Waals surface area contributed by atoms with E-state index in [1.165, 1.54) is 0 Å². The van der Waals surface area contributed by atoms with Crippen LogP contribution in [0, 0.1) is 16.2 Å². The van der Waals surface area contributed by atoms with Crippen LogP contribution in [0.1, 0.15) is 12.8 Å². The van der Waals surface area contributed by atoms with Crippen molar-refractivity contribution in [3.63, 3.8) is 0 Å². The maximum absolute atomic E-state index is 10.6. The Labute approximate surface area is 92.5 Å². The minimum absolute atomic E-state index is 0. The van der Waals surface area contributed by atoms with Gasteiger partial charge in [0.2, 0.25) is 0 Å². The average molecular weight is 230 g/mol. The summed E-state index contributed by atoms with van der Waals surface area (Å²) < 4.78 is 0. The molecule has 0 spiro atoms. The molecule has 0 saturated heterocycles. The molecule has 0 unspecified atom stereocenters. The number of allylic oxidation sites excluding steroid dienone is 6. The quantitative estimate of drug-likeness (QED) is 0.315. The first kappa shape index (κ1) is 11.0. The summed E-state index contributed by atoms with van der Waals surface area (Å²) in [5.41, 5.74) is 1.88. The first-order valence-electron chi connectivity index (χ1n) is 4.11. The van der Waals surface area contributed by atoms with Crippen molar-refractivity contribution in [2.75, 3.05) is 0 Å². The molecule has 0 aromatic rings. The van der Waals surface area contributed by atoms with Crippen molar-refractivity contribution < 1.29 is 22.0 Å². The zero-order chi connectivity index (χ0) is 9.26. The van der Waals surface area contributed by atoms with Crippen LogP contribution in [-0.4, -0.2) is 4.92 Å². The van der Waals surface area contributed by atoms with Gasteiger partial charge in [-0.2, -0.15) is 6.08 Å². The zero-order valence-electron chi connectivity index (χ0n) is 7.34. The minimum atomic E-state index is -0.339. The summed E-state index contributed by atoms with van der Waals surface area (Å²) in [4.78, 5) is 10.3. The van der Waals surface area contributed by atoms with E-state index in [2.05, 4.69) is 6.08 Å². The molecule has 4 heteroatoms. The average Bonchev–Trinajstić information content (AvgIpc) is 2.74. The third kappa shape index (κ3) is 1.86. The summed E-state index contributed by atoms with van der Waals surface area (Å²) >= 11 is 0. The van der Waals surface area contributed by atoms with Crippen molar-refractivity contribution in [2.45, 2.75) is 12.8 Å². The van der Waals surface area contributed by atoms with Crippen molar-refractivity contribution in [3.8, 4) is 0 Å². The van der Waals surface area contributed by atoms with Gasteiger partial charge in [-0.05, 0) is 0 Å². The maximum atomic E-state index is 10.6. The Bertz CT molecular complexity index is 378. The fourth-order valence-electron chi connectivity index (χ4n) is 1.52. The molecule has 0 N–H and O–H groups in total. The second-order valence-corrected chi connectivity index (χ2v) is 2.93. The molecule has 2 aliphatic carbocycles. The molecule has 14 heavy (non-hydrogen) atoms. The van der Waals surface area contributed by atoms with Crippen LogP contribution >= 0.6 is 0 Å². The number of nitro groups is 1. The van der Waals surface area contributed by atoms with E-state index in [1.807, 2.05) is 18.2 Å². The van der Waals surface area contributed by atoms with E-state index in [0.29, 0.717) is 12.0 Å². The Morgan fingerprint density at radius 3 is 2.86 bits per heavy atom. The molecule has 0 bridgehead atoms. The molecule has 0 aliphatic heterocycles. The summed E-state index contributed by atoms with van der Waals surface area (Å²) in [6, 6.07) is 0. The molecule has 0 radical (unpaired) electrons. The Morgan fingerprint density at radius 2 is 2.29 bits per heavy atom. The van der Waals surface area contributed by atoms with Gasteiger partial charge in [-0.1, -0.05) is 31.1 Å². The van der Waals surface area contributed by atoms with Gasteiger partial charge in [0.25, 0.3) is 0 Å². The largest absolute Gasteiger partial charge is 0.270 e. The van der Waals surface area contributed by atoms with Crippen LogP contribution in [0.4, 0.5) is 0 Å². The van der Waals surface area contributed by atoms with Gasteiger partial charge in [0.15, 0.2) is 5.70 Å².